The van der Waals surface area contributed by atoms with Crippen LogP contribution in [0.15, 0.2) is 24.3 Å². The Kier molecular flexibility index (Phi) is 6.43. The maximum Gasteiger partial charge on any atom is 0.237 e. The zero-order valence-electron chi connectivity index (χ0n) is 15.2. The minimum Gasteiger partial charge on any atom is -0.358 e. The Balaban J connectivity index is 1.56. The molecule has 1 amide bonds. The van der Waals surface area contributed by atoms with Crippen LogP contribution in [0.5, 0.6) is 0 Å². The molecule has 5 nitrogen and oxygen atoms in total. The molecule has 2 fully saturated rings. The topological polar surface area (TPSA) is 47.6 Å². The number of carbonyl (C=O) groups excluding carboxylic acids is 1. The van der Waals surface area contributed by atoms with E-state index in [1.165, 1.54) is 25.0 Å². The molecule has 1 saturated heterocycles. The summed E-state index contributed by atoms with van der Waals surface area (Å²) >= 11 is 5.50. The van der Waals surface area contributed by atoms with Crippen molar-refractivity contribution in [3.63, 3.8) is 0 Å². The Bertz CT molecular complexity index is 625. The van der Waals surface area contributed by atoms with Gasteiger partial charge in [-0.1, -0.05) is 12.8 Å². The summed E-state index contributed by atoms with van der Waals surface area (Å²) in [5.74, 6) is 0.338. The van der Waals surface area contributed by atoms with Crippen molar-refractivity contribution in [3.05, 3.63) is 30.1 Å². The van der Waals surface area contributed by atoms with E-state index in [0.717, 1.165) is 44.7 Å². The summed E-state index contributed by atoms with van der Waals surface area (Å²) in [5.41, 5.74) is 0.785. The third kappa shape index (κ3) is 4.51. The SMILES string of the molecule is CNC(=O)C(C1CCCC1)N1CCN(C(=S)Nc2ccc(F)cc2)CC1. The van der Waals surface area contributed by atoms with Crippen LogP contribution in [0.4, 0.5) is 10.1 Å². The normalized spacial score (nSPS) is 20.0. The van der Waals surface area contributed by atoms with Gasteiger partial charge in [0.25, 0.3) is 0 Å². The summed E-state index contributed by atoms with van der Waals surface area (Å²) in [6.07, 6.45) is 4.74. The van der Waals surface area contributed by atoms with Gasteiger partial charge >= 0.3 is 0 Å². The number of amides is 1. The summed E-state index contributed by atoms with van der Waals surface area (Å²) < 4.78 is 13.0. The molecule has 1 saturated carbocycles. The van der Waals surface area contributed by atoms with Gasteiger partial charge in [-0.15, -0.1) is 0 Å². The number of hydrogen-bond acceptors (Lipinski definition) is 3. The first kappa shape index (κ1) is 19.0. The quantitative estimate of drug-likeness (QED) is 0.788. The predicted molar refractivity (Wildman–Crippen MR) is 106 cm³/mol. The minimum atomic E-state index is -0.262. The number of piperazine rings is 1. The average molecular weight is 379 g/mol. The van der Waals surface area contributed by atoms with Gasteiger partial charge in [0.1, 0.15) is 5.82 Å². The lowest BCUT2D eigenvalue weighted by Gasteiger charge is -2.41. The highest BCUT2D eigenvalue weighted by atomic mass is 32.1. The molecule has 1 heterocycles. The van der Waals surface area contributed by atoms with Crippen LogP contribution in [0.1, 0.15) is 25.7 Å². The number of nitrogens with zero attached hydrogens (tertiary/aromatic N) is 2. The number of anilines is 1. The lowest BCUT2D eigenvalue weighted by atomic mass is 9.95. The minimum absolute atomic E-state index is 0.0247. The van der Waals surface area contributed by atoms with Crippen molar-refractivity contribution >= 4 is 28.9 Å². The molecule has 0 radical (unpaired) electrons. The molecule has 1 unspecified atom stereocenters. The van der Waals surface area contributed by atoms with Crippen molar-refractivity contribution in [2.24, 2.45) is 5.92 Å². The molecule has 2 aliphatic rings. The van der Waals surface area contributed by atoms with Crippen molar-refractivity contribution in [2.75, 3.05) is 38.5 Å². The second-order valence-corrected chi connectivity index (χ2v) is 7.45. The van der Waals surface area contributed by atoms with Gasteiger partial charge in [-0.05, 0) is 55.2 Å². The molecule has 2 N–H and O–H groups in total. The van der Waals surface area contributed by atoms with E-state index in [0.29, 0.717) is 11.0 Å². The molecule has 0 spiro atoms. The Hall–Kier alpha value is -1.73. The predicted octanol–water partition coefficient (Wildman–Crippen LogP) is 2.44. The van der Waals surface area contributed by atoms with Gasteiger partial charge in [0.15, 0.2) is 5.11 Å². The van der Waals surface area contributed by atoms with Gasteiger partial charge in [0, 0.05) is 38.9 Å². The number of thiocarbonyl (C=S) groups is 1. The second kappa shape index (κ2) is 8.77. The average Bonchev–Trinajstić information content (AvgIpc) is 3.18. The van der Waals surface area contributed by atoms with Crippen molar-refractivity contribution in [1.82, 2.24) is 15.1 Å². The van der Waals surface area contributed by atoms with Crippen LogP contribution >= 0.6 is 12.2 Å². The first-order chi connectivity index (χ1) is 12.6. The Morgan fingerprint density at radius 1 is 1.15 bits per heavy atom. The molecular formula is C19H27FN4OS. The second-order valence-electron chi connectivity index (χ2n) is 7.06. The van der Waals surface area contributed by atoms with Crippen molar-refractivity contribution in [3.8, 4) is 0 Å². The smallest absolute Gasteiger partial charge is 0.237 e. The molecule has 1 atom stereocenters. The Morgan fingerprint density at radius 2 is 1.77 bits per heavy atom. The molecule has 7 heteroatoms. The monoisotopic (exact) mass is 378 g/mol. The standard InChI is InChI=1S/C19H27FN4OS/c1-21-18(25)17(14-4-2-3-5-14)23-10-12-24(13-11-23)19(26)22-16-8-6-15(20)7-9-16/h6-9,14,17H,2-5,10-13H2,1H3,(H,21,25)(H,22,26). The van der Waals surface area contributed by atoms with Crippen LogP contribution in [0.25, 0.3) is 0 Å². The number of rotatable bonds is 4. The van der Waals surface area contributed by atoms with E-state index >= 15 is 0 Å². The van der Waals surface area contributed by atoms with Gasteiger partial charge in [-0.2, -0.15) is 0 Å². The third-order valence-electron chi connectivity index (χ3n) is 5.45. The van der Waals surface area contributed by atoms with Gasteiger partial charge in [-0.25, -0.2) is 4.39 Å². The summed E-state index contributed by atoms with van der Waals surface area (Å²) in [7, 11) is 1.72. The zero-order chi connectivity index (χ0) is 18.5. The fourth-order valence-corrected chi connectivity index (χ4v) is 4.34. The Morgan fingerprint density at radius 3 is 2.35 bits per heavy atom. The number of hydrogen-bond donors (Lipinski definition) is 2. The van der Waals surface area contributed by atoms with Crippen LogP contribution in [-0.2, 0) is 4.79 Å². The largest absolute Gasteiger partial charge is 0.358 e. The maximum absolute atomic E-state index is 13.0. The van der Waals surface area contributed by atoms with Crippen molar-refractivity contribution in [2.45, 2.75) is 31.7 Å². The van der Waals surface area contributed by atoms with Crippen LogP contribution in [0, 0.1) is 11.7 Å². The molecule has 0 bridgehead atoms. The lowest BCUT2D eigenvalue weighted by Crippen LogP contribution is -2.58. The highest BCUT2D eigenvalue weighted by molar-refractivity contribution is 7.80. The number of likely N-dealkylation sites (N-methyl/N-ethyl adjacent to an activating group) is 1. The molecular weight excluding hydrogens is 351 g/mol. The molecule has 0 aromatic heterocycles. The number of nitrogens with one attached hydrogen (secondary N) is 2. The fourth-order valence-electron chi connectivity index (χ4n) is 4.04. The molecule has 3 rings (SSSR count). The van der Waals surface area contributed by atoms with Crippen LogP contribution in [0.2, 0.25) is 0 Å². The Labute approximate surface area is 159 Å². The van der Waals surface area contributed by atoms with Gasteiger partial charge in [0.2, 0.25) is 5.91 Å². The molecule has 1 aliphatic carbocycles. The maximum atomic E-state index is 13.0. The van der Waals surface area contributed by atoms with Gasteiger partial charge < -0.3 is 15.5 Å². The van der Waals surface area contributed by atoms with E-state index in [1.54, 1.807) is 19.2 Å². The van der Waals surface area contributed by atoms with Crippen LogP contribution in [0.3, 0.4) is 0 Å². The summed E-state index contributed by atoms with van der Waals surface area (Å²) in [6.45, 7) is 3.21. The first-order valence-electron chi connectivity index (χ1n) is 9.35. The van der Waals surface area contributed by atoms with E-state index in [9.17, 15) is 9.18 Å². The number of benzene rings is 1. The summed E-state index contributed by atoms with van der Waals surface area (Å²) in [5, 5.41) is 6.66. The zero-order valence-corrected chi connectivity index (χ0v) is 16.0. The summed E-state index contributed by atoms with van der Waals surface area (Å²) in [4.78, 5) is 16.9. The van der Waals surface area contributed by atoms with Gasteiger partial charge in [-0.3, -0.25) is 9.69 Å². The molecule has 142 valence electrons. The first-order valence-corrected chi connectivity index (χ1v) is 9.76. The van der Waals surface area contributed by atoms with E-state index < -0.39 is 0 Å². The van der Waals surface area contributed by atoms with Crippen LogP contribution < -0.4 is 10.6 Å². The number of halogens is 1. The van der Waals surface area contributed by atoms with E-state index in [1.807, 2.05) is 0 Å². The summed E-state index contributed by atoms with van der Waals surface area (Å²) in [6, 6.07) is 6.17. The van der Waals surface area contributed by atoms with E-state index in [2.05, 4.69) is 20.4 Å². The third-order valence-corrected chi connectivity index (χ3v) is 5.81. The molecule has 1 aromatic rings. The number of carbonyl (C=O) groups is 1. The highest BCUT2D eigenvalue weighted by Crippen LogP contribution is 2.31. The lowest BCUT2D eigenvalue weighted by molar-refractivity contribution is -0.128. The highest BCUT2D eigenvalue weighted by Gasteiger charge is 2.36. The van der Waals surface area contributed by atoms with Crippen molar-refractivity contribution in [1.29, 1.82) is 0 Å². The molecule has 1 aromatic carbocycles. The fraction of sp³-hybridized carbons (Fsp3) is 0.579. The van der Waals surface area contributed by atoms with Crippen LogP contribution in [-0.4, -0.2) is 60.1 Å². The molecule has 26 heavy (non-hydrogen) atoms. The molecule has 1 aliphatic heterocycles. The van der Waals surface area contributed by atoms with E-state index in [-0.39, 0.29) is 17.8 Å². The van der Waals surface area contributed by atoms with E-state index in [4.69, 9.17) is 12.2 Å². The van der Waals surface area contributed by atoms with Gasteiger partial charge in [0.05, 0.1) is 6.04 Å². The van der Waals surface area contributed by atoms with Crippen molar-refractivity contribution < 1.29 is 9.18 Å².